The number of nitrogens with one attached hydrogen (secondary N) is 1. The van der Waals surface area contributed by atoms with E-state index >= 15 is 0 Å². The second kappa shape index (κ2) is 7.99. The van der Waals surface area contributed by atoms with E-state index in [0.29, 0.717) is 5.69 Å². The minimum absolute atomic E-state index is 0.0831. The lowest BCUT2D eigenvalue weighted by atomic mass is 10.0. The predicted molar refractivity (Wildman–Crippen MR) is 102 cm³/mol. The summed E-state index contributed by atoms with van der Waals surface area (Å²) in [6, 6.07) is 13.4. The molecule has 25 heavy (non-hydrogen) atoms. The van der Waals surface area contributed by atoms with Gasteiger partial charge in [0.05, 0.1) is 10.6 Å². The molecule has 0 radical (unpaired) electrons. The number of hydrogen-bond acceptors (Lipinski definition) is 4. The molecule has 0 fully saturated rings. The van der Waals surface area contributed by atoms with Gasteiger partial charge in [-0.15, -0.1) is 0 Å². The average Bonchev–Trinajstić information content (AvgIpc) is 2.59. The van der Waals surface area contributed by atoms with Gasteiger partial charge < -0.3 is 0 Å². The minimum Gasteiger partial charge on any atom is -0.293 e. The van der Waals surface area contributed by atoms with Crippen molar-refractivity contribution in [2.24, 2.45) is 5.84 Å². The summed E-state index contributed by atoms with van der Waals surface area (Å²) in [6.45, 7) is 3.52. The molecule has 2 aromatic rings. The number of halogens is 1. The standard InChI is InChI=1S/C17H20BrN3O3S/c1-12(2)15-5-3-4-6-16(15)21(11-17(22)20-19)25(23,24)14-9-7-13(18)8-10-14/h3-10,12H,11,19H2,1-2H3,(H,20,22). The highest BCUT2D eigenvalue weighted by Crippen LogP contribution is 2.31. The van der Waals surface area contributed by atoms with Crippen LogP contribution < -0.4 is 15.6 Å². The van der Waals surface area contributed by atoms with Crippen LogP contribution in [-0.2, 0) is 14.8 Å². The Morgan fingerprint density at radius 3 is 2.32 bits per heavy atom. The fourth-order valence-electron chi connectivity index (χ4n) is 2.41. The van der Waals surface area contributed by atoms with Gasteiger partial charge in [-0.05, 0) is 41.8 Å². The molecular weight excluding hydrogens is 406 g/mol. The summed E-state index contributed by atoms with van der Waals surface area (Å²) in [4.78, 5) is 12.0. The van der Waals surface area contributed by atoms with E-state index in [-0.39, 0.29) is 10.8 Å². The maximum absolute atomic E-state index is 13.2. The second-order valence-corrected chi connectivity index (χ2v) is 8.52. The van der Waals surface area contributed by atoms with Gasteiger partial charge in [0, 0.05) is 4.47 Å². The Balaban J connectivity index is 2.61. The SMILES string of the molecule is CC(C)c1ccccc1N(CC(=O)NN)S(=O)(=O)c1ccc(Br)cc1. The lowest BCUT2D eigenvalue weighted by Gasteiger charge is -2.27. The minimum atomic E-state index is -3.94. The van der Waals surface area contributed by atoms with Crippen LogP contribution >= 0.6 is 15.9 Å². The van der Waals surface area contributed by atoms with Crippen molar-refractivity contribution in [3.8, 4) is 0 Å². The molecule has 8 heteroatoms. The fourth-order valence-corrected chi connectivity index (χ4v) is 4.12. The zero-order valence-corrected chi connectivity index (χ0v) is 16.3. The Bertz CT molecular complexity index is 852. The van der Waals surface area contributed by atoms with Gasteiger partial charge >= 0.3 is 0 Å². The third-order valence-corrected chi connectivity index (χ3v) is 5.98. The van der Waals surface area contributed by atoms with Crippen LogP contribution in [0.25, 0.3) is 0 Å². The summed E-state index contributed by atoms with van der Waals surface area (Å²) < 4.78 is 28.2. The molecule has 0 saturated heterocycles. The van der Waals surface area contributed by atoms with E-state index in [1.807, 2.05) is 31.4 Å². The predicted octanol–water partition coefficient (Wildman–Crippen LogP) is 2.76. The Kier molecular flexibility index (Phi) is 6.21. The van der Waals surface area contributed by atoms with Gasteiger partial charge in [-0.1, -0.05) is 48.0 Å². The molecule has 0 heterocycles. The number of carbonyl (C=O) groups is 1. The monoisotopic (exact) mass is 425 g/mol. The smallest absolute Gasteiger partial charge is 0.264 e. The molecule has 1 amide bonds. The quantitative estimate of drug-likeness (QED) is 0.422. The van der Waals surface area contributed by atoms with Crippen LogP contribution in [0.4, 0.5) is 5.69 Å². The number of anilines is 1. The zero-order valence-electron chi connectivity index (χ0n) is 13.9. The van der Waals surface area contributed by atoms with Crippen molar-refractivity contribution in [1.29, 1.82) is 0 Å². The molecule has 0 bridgehead atoms. The van der Waals surface area contributed by atoms with Crippen molar-refractivity contribution in [3.63, 3.8) is 0 Å². The lowest BCUT2D eigenvalue weighted by molar-refractivity contribution is -0.119. The van der Waals surface area contributed by atoms with Gasteiger partial charge in [0.15, 0.2) is 0 Å². The van der Waals surface area contributed by atoms with E-state index in [2.05, 4.69) is 15.9 Å². The van der Waals surface area contributed by atoms with Crippen molar-refractivity contribution in [2.45, 2.75) is 24.7 Å². The van der Waals surface area contributed by atoms with Crippen LogP contribution in [0.15, 0.2) is 57.9 Å². The summed E-state index contributed by atoms with van der Waals surface area (Å²) >= 11 is 3.29. The van der Waals surface area contributed by atoms with Crippen LogP contribution in [0.2, 0.25) is 0 Å². The Labute approximate surface area is 156 Å². The maximum Gasteiger partial charge on any atom is 0.264 e. The zero-order chi connectivity index (χ0) is 18.6. The van der Waals surface area contributed by atoms with Crippen LogP contribution in [0, 0.1) is 0 Å². The number of nitrogens with two attached hydrogens (primary N) is 1. The number of nitrogens with zero attached hydrogens (tertiary/aromatic N) is 1. The van der Waals surface area contributed by atoms with Gasteiger partial charge in [-0.3, -0.25) is 14.5 Å². The summed E-state index contributed by atoms with van der Waals surface area (Å²) in [5.41, 5.74) is 3.28. The van der Waals surface area contributed by atoms with Crippen molar-refractivity contribution in [3.05, 3.63) is 58.6 Å². The van der Waals surface area contributed by atoms with Gasteiger partial charge in [0.1, 0.15) is 6.54 Å². The number of benzene rings is 2. The lowest BCUT2D eigenvalue weighted by Crippen LogP contribution is -2.43. The summed E-state index contributed by atoms with van der Waals surface area (Å²) in [5.74, 6) is 4.66. The largest absolute Gasteiger partial charge is 0.293 e. The van der Waals surface area contributed by atoms with Gasteiger partial charge in [-0.2, -0.15) is 0 Å². The number of para-hydroxylation sites is 1. The first-order chi connectivity index (χ1) is 11.8. The number of sulfonamides is 1. The molecule has 0 atom stereocenters. The van der Waals surface area contributed by atoms with Crippen molar-refractivity contribution < 1.29 is 13.2 Å². The second-order valence-electron chi connectivity index (χ2n) is 5.75. The Morgan fingerprint density at radius 1 is 1.16 bits per heavy atom. The highest BCUT2D eigenvalue weighted by atomic mass is 79.9. The van der Waals surface area contributed by atoms with E-state index in [9.17, 15) is 13.2 Å². The highest BCUT2D eigenvalue weighted by Gasteiger charge is 2.29. The number of rotatable bonds is 6. The molecule has 0 aliphatic heterocycles. The molecule has 134 valence electrons. The molecule has 0 saturated carbocycles. The van der Waals surface area contributed by atoms with Gasteiger partial charge in [0.25, 0.3) is 15.9 Å². The molecule has 0 unspecified atom stereocenters. The van der Waals surface area contributed by atoms with Gasteiger partial charge in [0.2, 0.25) is 0 Å². The highest BCUT2D eigenvalue weighted by molar-refractivity contribution is 9.10. The first kappa shape index (κ1) is 19.4. The molecule has 2 aromatic carbocycles. The number of carbonyl (C=O) groups excluding carboxylic acids is 1. The first-order valence-electron chi connectivity index (χ1n) is 7.64. The van der Waals surface area contributed by atoms with E-state index in [0.717, 1.165) is 14.3 Å². The summed E-state index contributed by atoms with van der Waals surface area (Å²) in [7, 11) is -3.94. The summed E-state index contributed by atoms with van der Waals surface area (Å²) in [6.07, 6.45) is 0. The topological polar surface area (TPSA) is 92.5 Å². The Hall–Kier alpha value is -1.90. The van der Waals surface area contributed by atoms with Crippen molar-refractivity contribution in [2.75, 3.05) is 10.8 Å². The van der Waals surface area contributed by atoms with E-state index in [1.54, 1.807) is 24.3 Å². The van der Waals surface area contributed by atoms with E-state index < -0.39 is 22.5 Å². The molecule has 3 N–H and O–H groups in total. The number of amides is 1. The first-order valence-corrected chi connectivity index (χ1v) is 9.87. The number of hydrazine groups is 1. The molecule has 0 aliphatic carbocycles. The van der Waals surface area contributed by atoms with Gasteiger partial charge in [-0.25, -0.2) is 14.3 Å². The molecule has 2 rings (SSSR count). The van der Waals surface area contributed by atoms with Crippen LogP contribution in [0.5, 0.6) is 0 Å². The average molecular weight is 426 g/mol. The molecular formula is C17H20BrN3O3S. The maximum atomic E-state index is 13.2. The third kappa shape index (κ3) is 4.39. The normalized spacial score (nSPS) is 11.4. The number of hydrogen-bond donors (Lipinski definition) is 2. The van der Waals surface area contributed by atoms with Crippen molar-refractivity contribution in [1.82, 2.24) is 5.43 Å². The van der Waals surface area contributed by atoms with E-state index in [1.165, 1.54) is 12.1 Å². The summed E-state index contributed by atoms with van der Waals surface area (Å²) in [5, 5.41) is 0. The Morgan fingerprint density at radius 2 is 1.76 bits per heavy atom. The van der Waals surface area contributed by atoms with Crippen LogP contribution in [0.3, 0.4) is 0 Å². The van der Waals surface area contributed by atoms with Crippen molar-refractivity contribution >= 4 is 37.5 Å². The molecule has 0 aliphatic rings. The van der Waals surface area contributed by atoms with E-state index in [4.69, 9.17) is 5.84 Å². The molecule has 6 nitrogen and oxygen atoms in total. The van der Waals surface area contributed by atoms with Crippen LogP contribution in [-0.4, -0.2) is 20.9 Å². The molecule has 0 spiro atoms. The fraction of sp³-hybridized carbons (Fsp3) is 0.235. The molecule has 0 aromatic heterocycles. The third-order valence-electron chi connectivity index (χ3n) is 3.68. The van der Waals surface area contributed by atoms with Crippen LogP contribution in [0.1, 0.15) is 25.3 Å².